The van der Waals surface area contributed by atoms with E-state index >= 15 is 0 Å². The first-order valence-corrected chi connectivity index (χ1v) is 15.9. The summed E-state index contributed by atoms with van der Waals surface area (Å²) in [7, 11) is 2.93. The first-order valence-electron chi connectivity index (χ1n) is 15.9. The monoisotopic (exact) mass is 666 g/mol. The predicted molar refractivity (Wildman–Crippen MR) is 186 cm³/mol. The van der Waals surface area contributed by atoms with Crippen LogP contribution in [-0.2, 0) is 40.1 Å². The molecule has 0 radical (unpaired) electrons. The van der Waals surface area contributed by atoms with Crippen molar-refractivity contribution in [3.63, 3.8) is 0 Å². The zero-order chi connectivity index (χ0) is 35.2. The average Bonchev–Trinajstić information content (AvgIpc) is 3.11. The Morgan fingerprint density at radius 2 is 1.04 bits per heavy atom. The number of aliphatic hydroxyl groups excluding tert-OH is 1. The smallest absolute Gasteiger partial charge is 0.328 e. The maximum atomic E-state index is 12.6. The molecule has 10 nitrogen and oxygen atoms in total. The van der Waals surface area contributed by atoms with Crippen molar-refractivity contribution >= 4 is 17.7 Å². The largest absolute Gasteiger partial charge is 0.512 e. The van der Waals surface area contributed by atoms with Crippen LogP contribution in [0.25, 0.3) is 0 Å². The Kier molecular flexibility index (Phi) is 13.5. The molecule has 49 heavy (non-hydrogen) atoms. The summed E-state index contributed by atoms with van der Waals surface area (Å²) in [5.74, 6) is -0.293. The van der Waals surface area contributed by atoms with Crippen molar-refractivity contribution in [3.05, 3.63) is 131 Å². The number of allylic oxidation sites excluding steroid dienone is 2. The molecule has 0 aliphatic carbocycles. The van der Waals surface area contributed by atoms with E-state index in [4.69, 9.17) is 30.4 Å². The summed E-state index contributed by atoms with van der Waals surface area (Å²) in [4.78, 5) is 37.8. The van der Waals surface area contributed by atoms with Crippen LogP contribution < -0.4 is 30.4 Å². The van der Waals surface area contributed by atoms with Gasteiger partial charge in [0.1, 0.15) is 12.1 Å². The van der Waals surface area contributed by atoms with Crippen LogP contribution in [0.15, 0.2) is 109 Å². The summed E-state index contributed by atoms with van der Waals surface area (Å²) in [6.07, 6.45) is 3.07. The van der Waals surface area contributed by atoms with Crippen molar-refractivity contribution in [1.82, 2.24) is 0 Å². The van der Waals surface area contributed by atoms with Gasteiger partial charge in [0, 0.05) is 18.9 Å². The average molecular weight is 667 g/mol. The molecular formula is C39H42N2O8. The number of hydrogen-bond acceptors (Lipinski definition) is 10. The Balaban J connectivity index is 1.25. The van der Waals surface area contributed by atoms with Crippen LogP contribution in [-0.4, -0.2) is 49.1 Å². The van der Waals surface area contributed by atoms with Gasteiger partial charge in [0.15, 0.2) is 28.8 Å². The molecule has 4 rings (SSSR count). The van der Waals surface area contributed by atoms with Crippen LogP contribution in [0.2, 0.25) is 0 Å². The number of benzene rings is 4. The van der Waals surface area contributed by atoms with Gasteiger partial charge in [-0.1, -0.05) is 72.8 Å². The highest BCUT2D eigenvalue weighted by Crippen LogP contribution is 2.30. The van der Waals surface area contributed by atoms with E-state index in [9.17, 15) is 19.5 Å². The van der Waals surface area contributed by atoms with Gasteiger partial charge >= 0.3 is 11.9 Å². The fourth-order valence-electron chi connectivity index (χ4n) is 5.04. The lowest BCUT2D eigenvalue weighted by molar-refractivity contribution is -0.136. The Hall–Kier alpha value is -5.45. The molecule has 0 aliphatic heterocycles. The number of aryl methyl sites for hydroxylation is 2. The minimum Gasteiger partial charge on any atom is -0.512 e. The second kappa shape index (κ2) is 18.2. The Morgan fingerprint density at radius 1 is 0.612 bits per heavy atom. The van der Waals surface area contributed by atoms with Crippen LogP contribution >= 0.6 is 0 Å². The maximum absolute atomic E-state index is 12.6. The van der Waals surface area contributed by atoms with Gasteiger partial charge in [0.05, 0.1) is 20.0 Å². The molecular weight excluding hydrogens is 624 g/mol. The van der Waals surface area contributed by atoms with E-state index in [0.29, 0.717) is 37.2 Å². The summed E-state index contributed by atoms with van der Waals surface area (Å²) in [5, 5.41) is 10.4. The van der Waals surface area contributed by atoms with Crippen molar-refractivity contribution in [2.45, 2.75) is 50.6 Å². The SMILES string of the molecule is COc1cc(CCC(=O)/C=C(\O)CCc2ccc(OC(=O)C(N)Cc3ccccc3)c(OC)c2)ccc1OC(=O)C(N)Cc1ccccc1. The second-order valence-corrected chi connectivity index (χ2v) is 11.5. The van der Waals surface area contributed by atoms with Gasteiger partial charge in [-0.3, -0.25) is 4.79 Å². The van der Waals surface area contributed by atoms with E-state index in [1.165, 1.54) is 20.3 Å². The Labute approximate surface area is 286 Å². The molecule has 256 valence electrons. The molecule has 2 atom stereocenters. The molecule has 4 aromatic carbocycles. The third-order valence-electron chi connectivity index (χ3n) is 7.74. The third-order valence-corrected chi connectivity index (χ3v) is 7.74. The summed E-state index contributed by atoms with van der Waals surface area (Å²) >= 11 is 0. The highest BCUT2D eigenvalue weighted by atomic mass is 16.6. The number of carbonyl (C=O) groups is 3. The van der Waals surface area contributed by atoms with E-state index < -0.39 is 24.0 Å². The molecule has 0 spiro atoms. The lowest BCUT2D eigenvalue weighted by Gasteiger charge is -2.14. The third kappa shape index (κ3) is 11.3. The molecule has 0 saturated carbocycles. The van der Waals surface area contributed by atoms with Crippen molar-refractivity contribution in [3.8, 4) is 23.0 Å². The van der Waals surface area contributed by atoms with Gasteiger partial charge in [-0.2, -0.15) is 0 Å². The zero-order valence-corrected chi connectivity index (χ0v) is 27.7. The number of esters is 2. The molecule has 0 fully saturated rings. The van der Waals surface area contributed by atoms with Crippen LogP contribution in [0, 0.1) is 0 Å². The fraction of sp³-hybridized carbons (Fsp3) is 0.256. The summed E-state index contributed by atoms with van der Waals surface area (Å²) < 4.78 is 21.8. The van der Waals surface area contributed by atoms with Gasteiger partial charge in [0.2, 0.25) is 0 Å². The maximum Gasteiger partial charge on any atom is 0.328 e. The van der Waals surface area contributed by atoms with Crippen molar-refractivity contribution in [2.24, 2.45) is 11.5 Å². The summed E-state index contributed by atoms with van der Waals surface area (Å²) in [6, 6.07) is 27.3. The lowest BCUT2D eigenvalue weighted by atomic mass is 10.0. The van der Waals surface area contributed by atoms with Crippen LogP contribution in [0.4, 0.5) is 0 Å². The number of hydrogen-bond donors (Lipinski definition) is 3. The molecule has 5 N–H and O–H groups in total. The number of aliphatic hydroxyl groups is 1. The van der Waals surface area contributed by atoms with Crippen LogP contribution in [0.5, 0.6) is 23.0 Å². The minimum atomic E-state index is -0.843. The first-order chi connectivity index (χ1) is 23.6. The van der Waals surface area contributed by atoms with E-state index in [1.54, 1.807) is 36.4 Å². The van der Waals surface area contributed by atoms with Gasteiger partial charge in [-0.25, -0.2) is 9.59 Å². The first kappa shape index (κ1) is 36.4. The Morgan fingerprint density at radius 3 is 1.47 bits per heavy atom. The molecule has 0 amide bonds. The molecule has 2 unspecified atom stereocenters. The number of carbonyl (C=O) groups excluding carboxylic acids is 3. The number of ketones is 1. The van der Waals surface area contributed by atoms with Crippen LogP contribution in [0.1, 0.15) is 35.1 Å². The summed E-state index contributed by atoms with van der Waals surface area (Å²) in [6.45, 7) is 0. The van der Waals surface area contributed by atoms with E-state index in [2.05, 4.69) is 0 Å². The molecule has 0 aliphatic rings. The van der Waals surface area contributed by atoms with Gasteiger partial charge in [-0.05, 0) is 72.2 Å². The molecule has 0 aromatic heterocycles. The zero-order valence-electron chi connectivity index (χ0n) is 27.7. The van der Waals surface area contributed by atoms with Crippen molar-refractivity contribution < 1.29 is 38.4 Å². The second-order valence-electron chi connectivity index (χ2n) is 11.5. The summed E-state index contributed by atoms with van der Waals surface area (Å²) in [5.41, 5.74) is 15.6. The molecule has 0 heterocycles. The van der Waals surface area contributed by atoms with E-state index in [0.717, 1.165) is 22.3 Å². The minimum absolute atomic E-state index is 0.0574. The number of methoxy groups -OCH3 is 2. The highest BCUT2D eigenvalue weighted by molar-refractivity contribution is 5.90. The van der Waals surface area contributed by atoms with Gasteiger partial charge < -0.3 is 35.5 Å². The predicted octanol–water partition coefficient (Wildman–Crippen LogP) is 5.23. The van der Waals surface area contributed by atoms with E-state index in [1.807, 2.05) is 60.7 Å². The van der Waals surface area contributed by atoms with Gasteiger partial charge in [-0.15, -0.1) is 0 Å². The molecule has 10 heteroatoms. The number of rotatable bonds is 17. The molecule has 0 bridgehead atoms. The Bertz CT molecular complexity index is 1740. The highest BCUT2D eigenvalue weighted by Gasteiger charge is 2.20. The van der Waals surface area contributed by atoms with E-state index in [-0.39, 0.29) is 35.9 Å². The lowest BCUT2D eigenvalue weighted by Crippen LogP contribution is -2.36. The molecule has 0 saturated heterocycles. The van der Waals surface area contributed by atoms with Crippen molar-refractivity contribution in [2.75, 3.05) is 14.2 Å². The standard InChI is InChI=1S/C39H42N2O8/c1-46-36-23-28(15-19-34(36)48-38(44)32(40)21-26-9-5-3-6-10-26)13-17-30(42)25-31(43)18-14-29-16-20-35(37(24-29)47-2)49-39(45)33(41)22-27-11-7-4-8-12-27/h3-12,15-16,19-20,23-25,32-33,42H,13-14,17-18,21-22,40-41H2,1-2H3/b30-25-. The quantitative estimate of drug-likeness (QED) is 0.0589. The number of nitrogens with two attached hydrogens (primary N) is 2. The topological polar surface area (TPSA) is 160 Å². The van der Waals surface area contributed by atoms with Crippen molar-refractivity contribution in [1.29, 1.82) is 0 Å². The fourth-order valence-corrected chi connectivity index (χ4v) is 5.04. The van der Waals surface area contributed by atoms with Gasteiger partial charge in [0.25, 0.3) is 0 Å². The molecule has 4 aromatic rings. The number of ether oxygens (including phenoxy) is 4. The van der Waals surface area contributed by atoms with Crippen LogP contribution in [0.3, 0.4) is 0 Å². The normalized spacial score (nSPS) is 12.4.